The van der Waals surface area contributed by atoms with Gasteiger partial charge in [-0.1, -0.05) is 30.8 Å². The van der Waals surface area contributed by atoms with E-state index in [4.69, 9.17) is 0 Å². The number of imidazole rings is 1. The van der Waals surface area contributed by atoms with E-state index in [9.17, 15) is 4.79 Å². The van der Waals surface area contributed by atoms with Gasteiger partial charge < -0.3 is 9.88 Å². The highest BCUT2D eigenvalue weighted by Gasteiger charge is 2.32. The molecule has 5 rings (SSSR count). The van der Waals surface area contributed by atoms with Crippen molar-refractivity contribution in [1.82, 2.24) is 24.3 Å². The molecule has 154 valence electrons. The van der Waals surface area contributed by atoms with Crippen LogP contribution < -0.4 is 10.6 Å². The van der Waals surface area contributed by atoms with Gasteiger partial charge in [0.15, 0.2) is 5.16 Å². The molecule has 1 aliphatic carbocycles. The number of benzene rings is 1. The number of hydrogen-bond donors (Lipinski definition) is 1. The zero-order chi connectivity index (χ0) is 19.8. The Balaban J connectivity index is 1.24. The van der Waals surface area contributed by atoms with Crippen molar-refractivity contribution in [3.05, 3.63) is 34.7 Å². The highest BCUT2D eigenvalue weighted by Crippen LogP contribution is 2.41. The van der Waals surface area contributed by atoms with Crippen LogP contribution in [0.3, 0.4) is 0 Å². The van der Waals surface area contributed by atoms with Gasteiger partial charge in [-0.25, -0.2) is 4.79 Å². The molecular weight excluding hydrogens is 384 g/mol. The van der Waals surface area contributed by atoms with Gasteiger partial charge in [-0.3, -0.25) is 9.13 Å². The fourth-order valence-corrected chi connectivity index (χ4v) is 5.08. The van der Waals surface area contributed by atoms with Gasteiger partial charge in [-0.2, -0.15) is 0 Å². The summed E-state index contributed by atoms with van der Waals surface area (Å²) in [4.78, 5) is 17.6. The van der Waals surface area contributed by atoms with E-state index in [1.54, 1.807) is 11.8 Å². The number of H-pyrrole nitrogens is 1. The van der Waals surface area contributed by atoms with E-state index >= 15 is 0 Å². The van der Waals surface area contributed by atoms with E-state index in [1.165, 1.54) is 25.7 Å². The minimum Gasteiger partial charge on any atom is -0.341 e. The van der Waals surface area contributed by atoms with Crippen LogP contribution in [-0.2, 0) is 6.54 Å². The molecular formula is C21H28N6OS. The highest BCUT2D eigenvalue weighted by atomic mass is 32.2. The fourth-order valence-electron chi connectivity index (χ4n) is 4.16. The van der Waals surface area contributed by atoms with Crippen molar-refractivity contribution in [2.45, 2.75) is 56.8 Å². The summed E-state index contributed by atoms with van der Waals surface area (Å²) in [5, 5.41) is 10.1. The van der Waals surface area contributed by atoms with Crippen molar-refractivity contribution in [1.29, 1.82) is 0 Å². The first-order chi connectivity index (χ1) is 14.2. The van der Waals surface area contributed by atoms with Crippen molar-refractivity contribution in [3.63, 3.8) is 0 Å². The Kier molecular flexibility index (Phi) is 5.11. The summed E-state index contributed by atoms with van der Waals surface area (Å²) in [6.07, 6.45) is 5.85. The summed E-state index contributed by atoms with van der Waals surface area (Å²) >= 11 is 1.77. The monoisotopic (exact) mass is 412 g/mol. The zero-order valence-corrected chi connectivity index (χ0v) is 17.7. The lowest BCUT2D eigenvalue weighted by atomic mass is 10.00. The molecule has 1 N–H and O–H groups in total. The van der Waals surface area contributed by atoms with Crippen LogP contribution >= 0.6 is 11.8 Å². The standard InChI is InChI=1S/C21H28N6OS/c1-15-9-12-25(13-10-15)19-23-24-21(27(19)16-7-8-16)29-14-4-11-26-18-6-3-2-5-17(18)22-20(26)28/h2-3,5-6,15-16H,4,7-14H2,1H3,(H,22,28). The van der Waals surface area contributed by atoms with Crippen molar-refractivity contribution in [2.75, 3.05) is 23.7 Å². The van der Waals surface area contributed by atoms with Gasteiger partial charge in [-0.05, 0) is 50.2 Å². The average molecular weight is 413 g/mol. The summed E-state index contributed by atoms with van der Waals surface area (Å²) in [6, 6.07) is 8.43. The van der Waals surface area contributed by atoms with Gasteiger partial charge in [0.25, 0.3) is 0 Å². The van der Waals surface area contributed by atoms with Crippen LogP contribution in [0.4, 0.5) is 5.95 Å². The number of aryl methyl sites for hydroxylation is 1. The van der Waals surface area contributed by atoms with Crippen molar-refractivity contribution < 1.29 is 0 Å². The SMILES string of the molecule is CC1CCN(c2nnc(SCCCn3c(=O)[nH]c4ccccc43)n2C2CC2)CC1. The maximum Gasteiger partial charge on any atom is 0.326 e. The van der Waals surface area contributed by atoms with Crippen LogP contribution in [0.2, 0.25) is 0 Å². The van der Waals surface area contributed by atoms with Crippen LogP contribution in [0, 0.1) is 5.92 Å². The Labute approximate surface area is 174 Å². The molecule has 0 amide bonds. The Hall–Kier alpha value is -2.22. The molecule has 3 aromatic rings. The molecule has 3 heterocycles. The summed E-state index contributed by atoms with van der Waals surface area (Å²) in [5.74, 6) is 2.80. The molecule has 1 saturated carbocycles. The third-order valence-corrected chi connectivity index (χ3v) is 7.09. The number of nitrogens with one attached hydrogen (secondary N) is 1. The molecule has 0 radical (unpaired) electrons. The summed E-state index contributed by atoms with van der Waals surface area (Å²) < 4.78 is 4.21. The molecule has 0 atom stereocenters. The number of fused-ring (bicyclic) bond motifs is 1. The van der Waals surface area contributed by atoms with E-state index in [1.807, 2.05) is 28.8 Å². The van der Waals surface area contributed by atoms with Crippen LogP contribution in [0.5, 0.6) is 0 Å². The topological polar surface area (TPSA) is 71.7 Å². The second kappa shape index (κ2) is 7.89. The highest BCUT2D eigenvalue weighted by molar-refractivity contribution is 7.99. The second-order valence-electron chi connectivity index (χ2n) is 8.35. The summed E-state index contributed by atoms with van der Waals surface area (Å²) in [7, 11) is 0. The number of anilines is 1. The lowest BCUT2D eigenvalue weighted by Gasteiger charge is -2.31. The maximum atomic E-state index is 12.2. The minimum atomic E-state index is -0.0287. The quantitative estimate of drug-likeness (QED) is 0.473. The molecule has 7 nitrogen and oxygen atoms in total. The zero-order valence-electron chi connectivity index (χ0n) is 16.9. The number of rotatable bonds is 7. The Bertz CT molecular complexity index is 1040. The molecule has 0 bridgehead atoms. The van der Waals surface area contributed by atoms with Crippen LogP contribution in [0.15, 0.2) is 34.2 Å². The molecule has 1 aromatic carbocycles. The molecule has 29 heavy (non-hydrogen) atoms. The average Bonchev–Trinajstić information content (AvgIpc) is 3.40. The summed E-state index contributed by atoms with van der Waals surface area (Å²) in [5.41, 5.74) is 1.85. The fraction of sp³-hybridized carbons (Fsp3) is 0.571. The van der Waals surface area contributed by atoms with Gasteiger partial charge >= 0.3 is 5.69 Å². The molecule has 8 heteroatoms. The first-order valence-corrected chi connectivity index (χ1v) is 11.7. The smallest absolute Gasteiger partial charge is 0.326 e. The Morgan fingerprint density at radius 2 is 1.93 bits per heavy atom. The van der Waals surface area contributed by atoms with Crippen molar-refractivity contribution in [3.8, 4) is 0 Å². The van der Waals surface area contributed by atoms with E-state index in [0.29, 0.717) is 12.6 Å². The van der Waals surface area contributed by atoms with E-state index in [2.05, 4.69) is 31.6 Å². The molecule has 2 fully saturated rings. The summed E-state index contributed by atoms with van der Waals surface area (Å²) in [6.45, 7) is 5.22. The van der Waals surface area contributed by atoms with Crippen molar-refractivity contribution in [2.24, 2.45) is 5.92 Å². The number of aromatic nitrogens is 5. The third kappa shape index (κ3) is 3.82. The first kappa shape index (κ1) is 18.8. The minimum absolute atomic E-state index is 0.0287. The van der Waals surface area contributed by atoms with Crippen LogP contribution in [-0.4, -0.2) is 43.2 Å². The number of hydrogen-bond acceptors (Lipinski definition) is 5. The molecule has 2 aliphatic rings. The largest absolute Gasteiger partial charge is 0.341 e. The van der Waals surface area contributed by atoms with Crippen LogP contribution in [0.25, 0.3) is 11.0 Å². The van der Waals surface area contributed by atoms with Gasteiger partial charge in [0, 0.05) is 31.4 Å². The van der Waals surface area contributed by atoms with Gasteiger partial charge in [-0.15, -0.1) is 10.2 Å². The number of aromatic amines is 1. The van der Waals surface area contributed by atoms with Crippen molar-refractivity contribution >= 4 is 28.7 Å². The molecule has 0 unspecified atom stereocenters. The second-order valence-corrected chi connectivity index (χ2v) is 9.42. The van der Waals surface area contributed by atoms with E-state index in [0.717, 1.165) is 53.3 Å². The first-order valence-electron chi connectivity index (χ1n) is 10.7. The molecule has 1 aliphatic heterocycles. The van der Waals surface area contributed by atoms with Gasteiger partial charge in [0.05, 0.1) is 11.0 Å². The van der Waals surface area contributed by atoms with Gasteiger partial charge in [0.2, 0.25) is 5.95 Å². The Morgan fingerprint density at radius 1 is 1.14 bits per heavy atom. The van der Waals surface area contributed by atoms with E-state index < -0.39 is 0 Å². The van der Waals surface area contributed by atoms with Gasteiger partial charge in [0.1, 0.15) is 0 Å². The molecule has 0 spiro atoms. The maximum absolute atomic E-state index is 12.2. The normalized spacial score (nSPS) is 18.0. The number of para-hydroxylation sites is 2. The lowest BCUT2D eigenvalue weighted by molar-refractivity contribution is 0.429. The number of piperidine rings is 1. The van der Waals surface area contributed by atoms with Crippen LogP contribution in [0.1, 0.15) is 45.1 Å². The lowest BCUT2D eigenvalue weighted by Crippen LogP contribution is -2.34. The predicted molar refractivity (Wildman–Crippen MR) is 117 cm³/mol. The number of nitrogens with zero attached hydrogens (tertiary/aromatic N) is 5. The third-order valence-electron chi connectivity index (χ3n) is 6.06. The van der Waals surface area contributed by atoms with E-state index in [-0.39, 0.29) is 5.69 Å². The Morgan fingerprint density at radius 3 is 2.72 bits per heavy atom. The molecule has 2 aromatic heterocycles. The predicted octanol–water partition coefficient (Wildman–Crippen LogP) is 3.67. The number of thioether (sulfide) groups is 1. The molecule has 1 saturated heterocycles.